The minimum absolute atomic E-state index is 0.00510. The number of aliphatic hydroxyl groups is 2. The highest BCUT2D eigenvalue weighted by molar-refractivity contribution is 7.92. The van der Waals surface area contributed by atoms with Gasteiger partial charge in [-0.3, -0.25) is 0 Å². The van der Waals surface area contributed by atoms with E-state index in [1.54, 1.807) is 38.5 Å². The summed E-state index contributed by atoms with van der Waals surface area (Å²) in [6.07, 6.45) is -5.45. The molecule has 0 bridgehead atoms. The lowest BCUT2D eigenvalue weighted by Gasteiger charge is -2.31. The average molecular weight is 633 g/mol. The van der Waals surface area contributed by atoms with Gasteiger partial charge in [-0.1, -0.05) is 84.9 Å². The molecule has 0 saturated carbocycles. The van der Waals surface area contributed by atoms with Gasteiger partial charge in [0.2, 0.25) is 0 Å². The molecule has 45 heavy (non-hydrogen) atoms. The van der Waals surface area contributed by atoms with Crippen LogP contribution >= 0.6 is 0 Å². The van der Waals surface area contributed by atoms with Crippen molar-refractivity contribution in [3.8, 4) is 11.5 Å². The smallest absolute Gasteiger partial charge is 0.161 e. The normalized spacial score (nSPS) is 24.4. The fourth-order valence-corrected chi connectivity index (χ4v) is 8.43. The highest BCUT2D eigenvalue weighted by atomic mass is 32.2. The number of hydrogen-bond donors (Lipinski definition) is 2. The second kappa shape index (κ2) is 15.0. The van der Waals surface area contributed by atoms with Crippen LogP contribution in [-0.4, -0.2) is 67.8 Å². The van der Waals surface area contributed by atoms with Crippen molar-refractivity contribution in [2.24, 2.45) is 0 Å². The minimum Gasteiger partial charge on any atom is -0.497 e. The molecule has 1 saturated heterocycles. The van der Waals surface area contributed by atoms with Gasteiger partial charge in [-0.2, -0.15) is 0 Å². The molecule has 238 valence electrons. The third kappa shape index (κ3) is 7.92. The lowest BCUT2D eigenvalue weighted by atomic mass is 9.94. The first-order valence-electron chi connectivity index (χ1n) is 15.0. The molecule has 2 N–H and O–H groups in total. The number of rotatable bonds is 12. The number of sulfone groups is 1. The quantitative estimate of drug-likeness (QED) is 0.234. The Morgan fingerprint density at radius 3 is 1.31 bits per heavy atom. The second-order valence-electron chi connectivity index (χ2n) is 11.3. The Hall–Kier alpha value is -3.73. The SMILES string of the molecule is COc1cccc(CO[C@@H]2[C@H](O)[C@@H](O)[C@@H](OCc3cccc(OC)c3)[C@@H](Cc3ccccc3)S(=O)(=O)[C@@H]2Cc2ccccc2)c1. The van der Waals surface area contributed by atoms with Crippen molar-refractivity contribution in [2.45, 2.75) is 61.0 Å². The molecule has 5 rings (SSSR count). The summed E-state index contributed by atoms with van der Waals surface area (Å²) < 4.78 is 52.9. The minimum atomic E-state index is -4.12. The van der Waals surface area contributed by atoms with E-state index in [1.165, 1.54) is 0 Å². The van der Waals surface area contributed by atoms with E-state index in [-0.39, 0.29) is 26.1 Å². The zero-order valence-corrected chi connectivity index (χ0v) is 26.3. The van der Waals surface area contributed by atoms with Gasteiger partial charge in [0.15, 0.2) is 9.84 Å². The van der Waals surface area contributed by atoms with Crippen molar-refractivity contribution in [1.82, 2.24) is 0 Å². The van der Waals surface area contributed by atoms with Gasteiger partial charge in [-0.05, 0) is 59.4 Å². The van der Waals surface area contributed by atoms with Gasteiger partial charge in [0.05, 0.1) is 37.9 Å². The summed E-state index contributed by atoms with van der Waals surface area (Å²) in [5.74, 6) is 1.25. The van der Waals surface area contributed by atoms with Crippen LogP contribution in [0.3, 0.4) is 0 Å². The summed E-state index contributed by atoms with van der Waals surface area (Å²) in [5, 5.41) is 21.1. The van der Waals surface area contributed by atoms with Gasteiger partial charge in [-0.15, -0.1) is 0 Å². The molecule has 1 aliphatic rings. The lowest BCUT2D eigenvalue weighted by Crippen LogP contribution is -2.49. The molecule has 0 aromatic heterocycles. The summed E-state index contributed by atoms with van der Waals surface area (Å²) in [6.45, 7) is 0.0102. The van der Waals surface area contributed by atoms with Crippen molar-refractivity contribution in [2.75, 3.05) is 14.2 Å². The van der Waals surface area contributed by atoms with Crippen LogP contribution in [0.2, 0.25) is 0 Å². The Kier molecular flexibility index (Phi) is 10.9. The highest BCUT2D eigenvalue weighted by Crippen LogP contribution is 2.35. The third-order valence-electron chi connectivity index (χ3n) is 8.31. The van der Waals surface area contributed by atoms with E-state index in [0.29, 0.717) is 11.5 Å². The van der Waals surface area contributed by atoms with Crippen LogP contribution in [-0.2, 0) is 45.4 Å². The molecule has 0 unspecified atom stereocenters. The topological polar surface area (TPSA) is 112 Å². The lowest BCUT2D eigenvalue weighted by molar-refractivity contribution is -0.139. The Morgan fingerprint density at radius 2 is 0.933 bits per heavy atom. The standard InChI is InChI=1S/C36H40O8S/c1-41-29-17-9-15-27(19-29)23-43-35-31(21-25-11-5-3-6-12-25)45(39,40)32(22-26-13-7-4-8-14-26)36(34(38)33(35)37)44-24-28-16-10-18-30(20-28)42-2/h3-20,31-38H,21-24H2,1-2H3/t31-,32-,33-,34-,35+,36+/m1/s1. The number of benzene rings is 4. The molecular weight excluding hydrogens is 592 g/mol. The predicted octanol–water partition coefficient (Wildman–Crippen LogP) is 4.55. The van der Waals surface area contributed by atoms with Gasteiger partial charge in [0.25, 0.3) is 0 Å². The van der Waals surface area contributed by atoms with Crippen LogP contribution < -0.4 is 9.47 Å². The zero-order valence-electron chi connectivity index (χ0n) is 25.4. The molecule has 0 aliphatic carbocycles. The summed E-state index contributed by atoms with van der Waals surface area (Å²) in [4.78, 5) is 0. The predicted molar refractivity (Wildman–Crippen MR) is 172 cm³/mol. The second-order valence-corrected chi connectivity index (χ2v) is 13.7. The van der Waals surface area contributed by atoms with Gasteiger partial charge in [-0.25, -0.2) is 8.42 Å². The molecule has 0 amide bonds. The van der Waals surface area contributed by atoms with Crippen molar-refractivity contribution in [3.05, 3.63) is 131 Å². The van der Waals surface area contributed by atoms with Crippen LogP contribution in [0.25, 0.3) is 0 Å². The highest BCUT2D eigenvalue weighted by Gasteiger charge is 2.54. The molecule has 9 heteroatoms. The summed E-state index contributed by atoms with van der Waals surface area (Å²) in [6, 6.07) is 33.0. The van der Waals surface area contributed by atoms with Crippen LogP contribution in [0.15, 0.2) is 109 Å². The van der Waals surface area contributed by atoms with Crippen LogP contribution in [0.4, 0.5) is 0 Å². The Balaban J connectivity index is 1.55. The van der Waals surface area contributed by atoms with Crippen molar-refractivity contribution in [3.63, 3.8) is 0 Å². The maximum atomic E-state index is 14.9. The van der Waals surface area contributed by atoms with Crippen LogP contribution in [0.5, 0.6) is 11.5 Å². The maximum Gasteiger partial charge on any atom is 0.161 e. The molecule has 0 spiro atoms. The average Bonchev–Trinajstić information content (AvgIpc) is 3.12. The first-order chi connectivity index (χ1) is 21.8. The summed E-state index contributed by atoms with van der Waals surface area (Å²) >= 11 is 0. The van der Waals surface area contributed by atoms with E-state index in [4.69, 9.17) is 18.9 Å². The summed E-state index contributed by atoms with van der Waals surface area (Å²) in [5.41, 5.74) is 3.03. The number of hydrogen-bond acceptors (Lipinski definition) is 8. The molecule has 1 aliphatic heterocycles. The third-order valence-corrected chi connectivity index (χ3v) is 10.9. The zero-order chi connectivity index (χ0) is 31.8. The van der Waals surface area contributed by atoms with Crippen LogP contribution in [0.1, 0.15) is 22.3 Å². The fourth-order valence-electron chi connectivity index (χ4n) is 5.91. The van der Waals surface area contributed by atoms with Gasteiger partial charge >= 0.3 is 0 Å². The van der Waals surface area contributed by atoms with E-state index in [9.17, 15) is 18.6 Å². The van der Waals surface area contributed by atoms with E-state index < -0.39 is 44.8 Å². The van der Waals surface area contributed by atoms with Crippen molar-refractivity contribution in [1.29, 1.82) is 0 Å². The van der Waals surface area contributed by atoms with Crippen molar-refractivity contribution >= 4 is 9.84 Å². The molecule has 0 radical (unpaired) electrons. The molecule has 6 atom stereocenters. The monoisotopic (exact) mass is 632 g/mol. The first kappa shape index (κ1) is 32.7. The van der Waals surface area contributed by atoms with E-state index >= 15 is 0 Å². The number of ether oxygens (including phenoxy) is 4. The number of aliphatic hydroxyl groups excluding tert-OH is 2. The largest absolute Gasteiger partial charge is 0.497 e. The Morgan fingerprint density at radius 1 is 0.556 bits per heavy atom. The summed E-state index contributed by atoms with van der Waals surface area (Å²) in [7, 11) is -0.991. The van der Waals surface area contributed by atoms with E-state index in [0.717, 1.165) is 22.3 Å². The maximum absolute atomic E-state index is 14.9. The number of methoxy groups -OCH3 is 2. The molecule has 4 aromatic rings. The van der Waals surface area contributed by atoms with Gasteiger partial charge < -0.3 is 29.2 Å². The Bertz CT molecular complexity index is 1500. The molecule has 1 fully saturated rings. The first-order valence-corrected chi connectivity index (χ1v) is 16.6. The molecule has 8 nitrogen and oxygen atoms in total. The van der Waals surface area contributed by atoms with E-state index in [2.05, 4.69) is 0 Å². The fraction of sp³-hybridized carbons (Fsp3) is 0.333. The molecular formula is C36H40O8S. The van der Waals surface area contributed by atoms with Crippen LogP contribution in [0, 0.1) is 0 Å². The molecule has 1 heterocycles. The van der Waals surface area contributed by atoms with E-state index in [1.807, 2.05) is 84.9 Å². The Labute approximate surface area is 265 Å². The molecule has 4 aromatic carbocycles. The van der Waals surface area contributed by atoms with Gasteiger partial charge in [0.1, 0.15) is 35.9 Å². The van der Waals surface area contributed by atoms with Crippen molar-refractivity contribution < 1.29 is 37.6 Å². The van der Waals surface area contributed by atoms with Gasteiger partial charge in [0, 0.05) is 0 Å².